The van der Waals surface area contributed by atoms with Gasteiger partial charge in [-0.25, -0.2) is 0 Å². The number of carbonyl (C=O) groups is 2. The number of hydrogen-bond donors (Lipinski definition) is 2. The Kier molecular flexibility index (Phi) is 6.56. The summed E-state index contributed by atoms with van der Waals surface area (Å²) in [6, 6.07) is 6.95. The lowest BCUT2D eigenvalue weighted by Crippen LogP contribution is -2.38. The summed E-state index contributed by atoms with van der Waals surface area (Å²) in [6.07, 6.45) is 1.74. The van der Waals surface area contributed by atoms with Crippen molar-refractivity contribution in [2.24, 2.45) is 0 Å². The summed E-state index contributed by atoms with van der Waals surface area (Å²) in [5, 5.41) is 11.1. The lowest BCUT2D eigenvalue weighted by molar-refractivity contribution is -0.141. The molecule has 0 aliphatic heterocycles. The first-order valence-corrected chi connectivity index (χ1v) is 6.70. The van der Waals surface area contributed by atoms with Crippen LogP contribution < -0.4 is 10.1 Å². The fourth-order valence-corrected chi connectivity index (χ4v) is 1.66. The van der Waals surface area contributed by atoms with E-state index >= 15 is 0 Å². The average Bonchev–Trinajstić information content (AvgIpc) is 2.38. The molecule has 2 N–H and O–H groups in total. The molecule has 0 radical (unpaired) electrons. The topological polar surface area (TPSA) is 75.6 Å². The van der Waals surface area contributed by atoms with Crippen LogP contribution in [0.1, 0.15) is 31.7 Å². The monoisotopic (exact) mass is 279 g/mol. The lowest BCUT2D eigenvalue weighted by Gasteiger charge is -2.09. The number of carbonyl (C=O) groups excluding carboxylic acids is 1. The number of ether oxygens (including phenoxy) is 1. The number of carboxylic acid groups (broad SMARTS) is 1. The molecule has 0 heterocycles. The molecule has 0 fully saturated rings. The van der Waals surface area contributed by atoms with E-state index < -0.39 is 12.0 Å². The normalized spacial score (nSPS) is 11.7. The molecule has 1 aromatic rings. The minimum atomic E-state index is -1.03. The predicted molar refractivity (Wildman–Crippen MR) is 75.8 cm³/mol. The molecule has 0 bridgehead atoms. The van der Waals surface area contributed by atoms with Gasteiger partial charge in [0.25, 0.3) is 0 Å². The molecule has 1 rings (SSSR count). The third kappa shape index (κ3) is 6.22. The summed E-state index contributed by atoms with van der Waals surface area (Å²) in [5.74, 6) is -0.439. The van der Waals surface area contributed by atoms with Crippen molar-refractivity contribution in [3.63, 3.8) is 0 Å². The van der Waals surface area contributed by atoms with Crippen LogP contribution >= 0.6 is 0 Å². The number of rotatable bonds is 8. The number of unbranched alkanes of at least 4 members (excludes halogenated alkanes) is 1. The van der Waals surface area contributed by atoms with Gasteiger partial charge in [0.15, 0.2) is 0 Å². The van der Waals surface area contributed by atoms with Crippen LogP contribution in [0.5, 0.6) is 5.75 Å². The van der Waals surface area contributed by atoms with Crippen molar-refractivity contribution in [1.29, 1.82) is 0 Å². The summed E-state index contributed by atoms with van der Waals surface area (Å²) >= 11 is 0. The zero-order chi connectivity index (χ0) is 15.0. The number of carboxylic acids is 1. The molecule has 0 aliphatic rings. The van der Waals surface area contributed by atoms with Gasteiger partial charge in [-0.3, -0.25) is 9.59 Å². The third-order valence-corrected chi connectivity index (χ3v) is 2.80. The van der Waals surface area contributed by atoms with Crippen molar-refractivity contribution in [2.75, 3.05) is 6.61 Å². The molecule has 0 spiro atoms. The Morgan fingerprint density at radius 2 is 2.10 bits per heavy atom. The molecule has 110 valence electrons. The molecule has 1 unspecified atom stereocenters. The van der Waals surface area contributed by atoms with E-state index in [1.54, 1.807) is 0 Å². The molecule has 1 amide bonds. The average molecular weight is 279 g/mol. The first-order chi connectivity index (χ1) is 9.49. The van der Waals surface area contributed by atoms with E-state index in [1.165, 1.54) is 6.92 Å². The van der Waals surface area contributed by atoms with E-state index in [0.29, 0.717) is 19.4 Å². The van der Waals surface area contributed by atoms with Crippen molar-refractivity contribution < 1.29 is 19.4 Å². The second-order valence-corrected chi connectivity index (χ2v) is 4.75. The highest BCUT2D eigenvalue weighted by molar-refractivity contribution is 5.83. The molecule has 5 nitrogen and oxygen atoms in total. The molecular formula is C15H21NO4. The Bertz CT molecular complexity index is 459. The summed E-state index contributed by atoms with van der Waals surface area (Å²) in [7, 11) is 0. The Hall–Kier alpha value is -2.04. The van der Waals surface area contributed by atoms with Crippen LogP contribution in [0.15, 0.2) is 24.3 Å². The van der Waals surface area contributed by atoms with Crippen LogP contribution in [0.4, 0.5) is 0 Å². The van der Waals surface area contributed by atoms with Crippen LogP contribution in [-0.4, -0.2) is 29.6 Å². The predicted octanol–water partition coefficient (Wildman–Crippen LogP) is 2.13. The van der Waals surface area contributed by atoms with Crippen molar-refractivity contribution in [1.82, 2.24) is 5.32 Å². The summed E-state index contributed by atoms with van der Waals surface area (Å²) in [5.41, 5.74) is 1.14. The van der Waals surface area contributed by atoms with E-state index in [1.807, 2.05) is 31.2 Å². The fourth-order valence-electron chi connectivity index (χ4n) is 1.66. The van der Waals surface area contributed by atoms with E-state index in [4.69, 9.17) is 9.84 Å². The molecule has 0 aromatic heterocycles. The quantitative estimate of drug-likeness (QED) is 0.715. The van der Waals surface area contributed by atoms with Gasteiger partial charge in [0, 0.05) is 6.42 Å². The van der Waals surface area contributed by atoms with E-state index in [2.05, 4.69) is 5.32 Å². The van der Waals surface area contributed by atoms with Crippen molar-refractivity contribution in [3.05, 3.63) is 29.8 Å². The molecule has 0 aliphatic carbocycles. The zero-order valence-corrected chi connectivity index (χ0v) is 11.9. The van der Waals surface area contributed by atoms with Gasteiger partial charge in [-0.1, -0.05) is 12.1 Å². The Morgan fingerprint density at radius 3 is 2.75 bits per heavy atom. The van der Waals surface area contributed by atoms with Gasteiger partial charge < -0.3 is 15.2 Å². The number of aliphatic carboxylic acids is 1. The van der Waals surface area contributed by atoms with E-state index in [-0.39, 0.29) is 5.91 Å². The van der Waals surface area contributed by atoms with Crippen LogP contribution in [0.25, 0.3) is 0 Å². The van der Waals surface area contributed by atoms with Crippen LogP contribution in [0.3, 0.4) is 0 Å². The Morgan fingerprint density at radius 1 is 1.35 bits per heavy atom. The highest BCUT2D eigenvalue weighted by Crippen LogP contribution is 2.12. The number of hydrogen-bond acceptors (Lipinski definition) is 3. The van der Waals surface area contributed by atoms with Crippen molar-refractivity contribution >= 4 is 11.9 Å². The lowest BCUT2D eigenvalue weighted by atomic mass is 10.2. The first-order valence-electron chi connectivity index (χ1n) is 6.70. The van der Waals surface area contributed by atoms with Crippen molar-refractivity contribution in [3.8, 4) is 5.75 Å². The third-order valence-electron chi connectivity index (χ3n) is 2.80. The molecular weight excluding hydrogens is 258 g/mol. The second-order valence-electron chi connectivity index (χ2n) is 4.75. The number of amides is 1. The minimum Gasteiger partial charge on any atom is -0.494 e. The van der Waals surface area contributed by atoms with Gasteiger partial charge in [-0.2, -0.15) is 0 Å². The number of nitrogens with one attached hydrogen (secondary N) is 1. The van der Waals surface area contributed by atoms with Gasteiger partial charge in [0.05, 0.1) is 6.61 Å². The summed E-state index contributed by atoms with van der Waals surface area (Å²) in [4.78, 5) is 22.0. The number of benzene rings is 1. The maximum atomic E-state index is 11.4. The maximum Gasteiger partial charge on any atom is 0.325 e. The van der Waals surface area contributed by atoms with Gasteiger partial charge in [-0.15, -0.1) is 0 Å². The van der Waals surface area contributed by atoms with E-state index in [0.717, 1.165) is 17.7 Å². The second kappa shape index (κ2) is 8.19. The zero-order valence-electron chi connectivity index (χ0n) is 11.9. The van der Waals surface area contributed by atoms with Crippen LogP contribution in [0, 0.1) is 6.92 Å². The minimum absolute atomic E-state index is 0.240. The number of aryl methyl sites for hydroxylation is 1. The molecule has 20 heavy (non-hydrogen) atoms. The summed E-state index contributed by atoms with van der Waals surface area (Å²) in [6.45, 7) is 3.99. The Balaban J connectivity index is 2.13. The maximum absolute atomic E-state index is 11.4. The van der Waals surface area contributed by atoms with Crippen LogP contribution in [0.2, 0.25) is 0 Å². The molecule has 1 atom stereocenters. The van der Waals surface area contributed by atoms with Gasteiger partial charge in [0.2, 0.25) is 5.91 Å². The smallest absolute Gasteiger partial charge is 0.325 e. The largest absolute Gasteiger partial charge is 0.494 e. The van der Waals surface area contributed by atoms with Crippen LogP contribution in [-0.2, 0) is 9.59 Å². The first kappa shape index (κ1) is 16.0. The molecule has 0 saturated heterocycles. The molecule has 5 heteroatoms. The SMILES string of the molecule is Cc1cccc(OCCCCC(=O)NC(C)C(=O)O)c1. The van der Waals surface area contributed by atoms with Gasteiger partial charge >= 0.3 is 5.97 Å². The van der Waals surface area contributed by atoms with Gasteiger partial charge in [-0.05, 0) is 44.4 Å². The fraction of sp³-hybridized carbons (Fsp3) is 0.467. The highest BCUT2D eigenvalue weighted by Gasteiger charge is 2.13. The Labute approximate surface area is 118 Å². The highest BCUT2D eigenvalue weighted by atomic mass is 16.5. The summed E-state index contributed by atoms with van der Waals surface area (Å²) < 4.78 is 5.56. The molecule has 1 aromatic carbocycles. The van der Waals surface area contributed by atoms with E-state index in [9.17, 15) is 9.59 Å². The van der Waals surface area contributed by atoms with Crippen molar-refractivity contribution in [2.45, 2.75) is 39.2 Å². The molecule has 0 saturated carbocycles. The standard InChI is InChI=1S/C15H21NO4/c1-11-6-5-7-13(10-11)20-9-4-3-8-14(17)16-12(2)15(18)19/h5-7,10,12H,3-4,8-9H2,1-2H3,(H,16,17)(H,18,19). The van der Waals surface area contributed by atoms with Gasteiger partial charge in [0.1, 0.15) is 11.8 Å².